The molecule has 4 atom stereocenters. The SMILES string of the molecule is C=CC(=O)OSCC1CSC(c2ccc(C3SCC(CSC(=O)C(=C)C)S3)cc2)S1. The van der Waals surface area contributed by atoms with Crippen LogP contribution >= 0.6 is 70.9 Å². The molecule has 9 heteroatoms. The van der Waals surface area contributed by atoms with Crippen molar-refractivity contribution < 1.29 is 13.8 Å². The van der Waals surface area contributed by atoms with Crippen LogP contribution in [0.15, 0.2) is 49.1 Å². The maximum Gasteiger partial charge on any atom is 0.342 e. The number of thioether (sulfide) groups is 5. The summed E-state index contributed by atoms with van der Waals surface area (Å²) in [5.41, 5.74) is 3.32. The lowest BCUT2D eigenvalue weighted by Gasteiger charge is -2.14. The van der Waals surface area contributed by atoms with Crippen molar-refractivity contribution in [2.24, 2.45) is 0 Å². The van der Waals surface area contributed by atoms with Crippen molar-refractivity contribution in [3.8, 4) is 0 Å². The van der Waals surface area contributed by atoms with Crippen molar-refractivity contribution in [1.29, 1.82) is 0 Å². The molecule has 0 N–H and O–H groups in total. The van der Waals surface area contributed by atoms with Crippen LogP contribution in [0.1, 0.15) is 27.2 Å². The molecule has 0 amide bonds. The molecule has 0 bridgehead atoms. The number of carbonyl (C=O) groups excluding carboxylic acids is 2. The Morgan fingerprint density at radius 1 is 1.07 bits per heavy atom. The van der Waals surface area contributed by atoms with Crippen LogP contribution in [0.4, 0.5) is 0 Å². The highest BCUT2D eigenvalue weighted by molar-refractivity contribution is 8.21. The van der Waals surface area contributed by atoms with E-state index >= 15 is 0 Å². The van der Waals surface area contributed by atoms with Crippen molar-refractivity contribution in [3.05, 3.63) is 60.2 Å². The molecule has 0 aliphatic carbocycles. The van der Waals surface area contributed by atoms with Gasteiger partial charge >= 0.3 is 5.97 Å². The van der Waals surface area contributed by atoms with Gasteiger partial charge in [0.15, 0.2) is 0 Å². The first-order valence-corrected chi connectivity index (χ1v) is 15.3. The summed E-state index contributed by atoms with van der Waals surface area (Å²) < 4.78 is 5.90. The van der Waals surface area contributed by atoms with Crippen LogP contribution in [0.3, 0.4) is 0 Å². The minimum atomic E-state index is -0.381. The molecule has 1 aromatic carbocycles. The van der Waals surface area contributed by atoms with E-state index in [0.717, 1.165) is 23.0 Å². The van der Waals surface area contributed by atoms with E-state index in [-0.39, 0.29) is 11.1 Å². The van der Waals surface area contributed by atoms with E-state index in [0.29, 0.717) is 25.2 Å². The fourth-order valence-electron chi connectivity index (χ4n) is 2.72. The minimum absolute atomic E-state index is 0.107. The number of hydrogen-bond acceptors (Lipinski definition) is 9. The Bertz CT molecular complexity index is 781. The van der Waals surface area contributed by atoms with Crippen molar-refractivity contribution in [2.45, 2.75) is 26.6 Å². The van der Waals surface area contributed by atoms with E-state index in [1.54, 1.807) is 6.92 Å². The molecule has 162 valence electrons. The summed E-state index contributed by atoms with van der Waals surface area (Å²) >= 11 is 10.5. The molecule has 2 aliphatic heterocycles. The zero-order valence-electron chi connectivity index (χ0n) is 16.6. The van der Waals surface area contributed by atoms with Crippen molar-refractivity contribution in [2.75, 3.05) is 23.0 Å². The molecule has 2 heterocycles. The normalized spacial score (nSPS) is 25.8. The van der Waals surface area contributed by atoms with E-state index in [1.807, 2.05) is 47.0 Å². The molecule has 2 aliphatic rings. The summed E-state index contributed by atoms with van der Waals surface area (Å²) in [6, 6.07) is 9.01. The van der Waals surface area contributed by atoms with Crippen LogP contribution in [0.5, 0.6) is 0 Å². The summed E-state index contributed by atoms with van der Waals surface area (Å²) in [5, 5.41) is 1.08. The second kappa shape index (κ2) is 12.3. The number of benzene rings is 1. The lowest BCUT2D eigenvalue weighted by atomic mass is 10.2. The van der Waals surface area contributed by atoms with Crippen LogP contribution in [0.25, 0.3) is 0 Å². The molecule has 2 saturated heterocycles. The zero-order chi connectivity index (χ0) is 21.5. The fourth-order valence-corrected chi connectivity index (χ4v) is 11.4. The monoisotopic (exact) mass is 516 g/mol. The van der Waals surface area contributed by atoms with Crippen LogP contribution in [-0.4, -0.2) is 44.6 Å². The lowest BCUT2D eigenvalue weighted by molar-refractivity contribution is -0.127. The largest absolute Gasteiger partial charge is 0.388 e. The van der Waals surface area contributed by atoms with Crippen LogP contribution in [-0.2, 0) is 13.8 Å². The van der Waals surface area contributed by atoms with Gasteiger partial charge < -0.3 is 4.18 Å². The predicted molar refractivity (Wildman–Crippen MR) is 141 cm³/mol. The highest BCUT2D eigenvalue weighted by atomic mass is 32.2. The predicted octanol–water partition coefficient (Wildman–Crippen LogP) is 6.59. The van der Waals surface area contributed by atoms with E-state index < -0.39 is 0 Å². The van der Waals surface area contributed by atoms with Gasteiger partial charge in [-0.3, -0.25) is 4.79 Å². The van der Waals surface area contributed by atoms with Crippen LogP contribution < -0.4 is 0 Å². The van der Waals surface area contributed by atoms with Gasteiger partial charge in [0.25, 0.3) is 0 Å². The molecular formula is C21H24O3S6. The van der Waals surface area contributed by atoms with E-state index in [4.69, 9.17) is 4.18 Å². The Kier molecular flexibility index (Phi) is 10.0. The minimum Gasteiger partial charge on any atom is -0.388 e. The average molecular weight is 517 g/mol. The first-order chi connectivity index (χ1) is 14.5. The average Bonchev–Trinajstić information content (AvgIpc) is 3.41. The molecule has 0 spiro atoms. The van der Waals surface area contributed by atoms with Crippen LogP contribution in [0, 0.1) is 0 Å². The fraction of sp³-hybridized carbons (Fsp3) is 0.429. The molecular weight excluding hydrogens is 493 g/mol. The summed E-state index contributed by atoms with van der Waals surface area (Å²) in [7, 11) is 0. The van der Waals surface area contributed by atoms with Gasteiger partial charge in [-0.15, -0.1) is 47.0 Å². The summed E-state index contributed by atoms with van der Waals surface area (Å²) in [6.45, 7) is 8.90. The van der Waals surface area contributed by atoms with Gasteiger partial charge in [0.1, 0.15) is 0 Å². The maximum atomic E-state index is 11.8. The standard InChI is InChI=1S/C21H24O3S6/c1-4-18(22)24-28-12-17-11-27-21(30-17)15-7-5-14(6-8-15)20-26-10-16(29-20)9-25-19(23)13(2)3/h4-8,16-17,20-21H,1-2,9-12H2,3H3. The van der Waals surface area contributed by atoms with Gasteiger partial charge in [0.05, 0.1) is 21.2 Å². The smallest absolute Gasteiger partial charge is 0.342 e. The molecule has 2 fully saturated rings. The molecule has 0 saturated carbocycles. The quantitative estimate of drug-likeness (QED) is 0.267. The molecule has 3 nitrogen and oxygen atoms in total. The molecule has 30 heavy (non-hydrogen) atoms. The second-order valence-electron chi connectivity index (χ2n) is 6.78. The Labute approximate surface area is 204 Å². The first kappa shape index (κ1) is 24.6. The Balaban J connectivity index is 1.44. The van der Waals surface area contributed by atoms with Gasteiger partial charge in [0.2, 0.25) is 5.12 Å². The zero-order valence-corrected chi connectivity index (χ0v) is 21.5. The first-order valence-electron chi connectivity index (χ1n) is 9.38. The van der Waals surface area contributed by atoms with Gasteiger partial charge in [-0.1, -0.05) is 49.2 Å². The lowest BCUT2D eigenvalue weighted by Crippen LogP contribution is -2.07. The molecule has 0 radical (unpaired) electrons. The Morgan fingerprint density at radius 2 is 1.60 bits per heavy atom. The number of carbonyl (C=O) groups is 2. The Hall–Kier alpha value is -0.0600. The molecule has 3 rings (SSSR count). The third-order valence-electron chi connectivity index (χ3n) is 4.29. The summed E-state index contributed by atoms with van der Waals surface area (Å²) in [4.78, 5) is 22.9. The van der Waals surface area contributed by atoms with Crippen molar-refractivity contribution >= 4 is 81.9 Å². The number of hydrogen-bond donors (Lipinski definition) is 0. The summed E-state index contributed by atoms with van der Waals surface area (Å²) in [5.74, 6) is 3.42. The molecule has 1 aromatic rings. The number of rotatable bonds is 9. The molecule has 4 unspecified atom stereocenters. The summed E-state index contributed by atoms with van der Waals surface area (Å²) in [6.07, 6.45) is 1.19. The van der Waals surface area contributed by atoms with E-state index in [2.05, 4.69) is 37.4 Å². The van der Waals surface area contributed by atoms with Gasteiger partial charge in [-0.2, -0.15) is 0 Å². The second-order valence-corrected chi connectivity index (χ2v) is 14.2. The van der Waals surface area contributed by atoms with Gasteiger partial charge in [0, 0.05) is 39.6 Å². The van der Waals surface area contributed by atoms with E-state index in [9.17, 15) is 9.59 Å². The van der Waals surface area contributed by atoms with Crippen molar-refractivity contribution in [3.63, 3.8) is 0 Å². The Morgan fingerprint density at radius 3 is 2.10 bits per heavy atom. The van der Waals surface area contributed by atoms with Gasteiger partial charge in [-0.25, -0.2) is 4.79 Å². The topological polar surface area (TPSA) is 43.4 Å². The highest BCUT2D eigenvalue weighted by Gasteiger charge is 2.30. The molecule has 0 aromatic heterocycles. The van der Waals surface area contributed by atoms with Crippen molar-refractivity contribution in [1.82, 2.24) is 0 Å². The van der Waals surface area contributed by atoms with E-state index in [1.165, 1.54) is 41.0 Å². The third kappa shape index (κ3) is 7.24. The highest BCUT2D eigenvalue weighted by Crippen LogP contribution is 2.52. The maximum absolute atomic E-state index is 11.8. The third-order valence-corrected chi connectivity index (χ3v) is 13.4. The van der Waals surface area contributed by atoms with Gasteiger partial charge in [-0.05, 0) is 23.6 Å². The van der Waals surface area contributed by atoms with Crippen LogP contribution in [0.2, 0.25) is 0 Å².